The van der Waals surface area contributed by atoms with Crippen molar-refractivity contribution in [3.8, 4) is 5.75 Å². The molecule has 0 unspecified atom stereocenters. The van der Waals surface area contributed by atoms with Crippen LogP contribution in [0.2, 0.25) is 0 Å². The number of nitrogens with one attached hydrogen (secondary N) is 1. The first-order valence-corrected chi connectivity index (χ1v) is 9.84. The number of hydrogen-bond acceptors (Lipinski definition) is 3. The molecule has 2 heterocycles. The van der Waals surface area contributed by atoms with Gasteiger partial charge in [0.2, 0.25) is 6.04 Å². The first-order chi connectivity index (χ1) is 14.6. The van der Waals surface area contributed by atoms with Gasteiger partial charge in [0.05, 0.1) is 12.8 Å². The van der Waals surface area contributed by atoms with Gasteiger partial charge in [0.1, 0.15) is 16.9 Å². The van der Waals surface area contributed by atoms with Crippen LogP contribution >= 0.6 is 0 Å². The molecule has 5 rings (SSSR count). The van der Waals surface area contributed by atoms with Gasteiger partial charge in [-0.25, -0.2) is 0 Å². The number of pyridine rings is 1. The van der Waals surface area contributed by atoms with Crippen molar-refractivity contribution in [2.45, 2.75) is 13.0 Å². The van der Waals surface area contributed by atoms with E-state index in [0.29, 0.717) is 17.0 Å². The van der Waals surface area contributed by atoms with Crippen molar-refractivity contribution in [1.82, 2.24) is 0 Å². The molecule has 0 bridgehead atoms. The van der Waals surface area contributed by atoms with E-state index in [-0.39, 0.29) is 5.91 Å². The Hall–Kier alpha value is -3.86. The zero-order valence-corrected chi connectivity index (χ0v) is 16.8. The van der Waals surface area contributed by atoms with Gasteiger partial charge in [-0.3, -0.25) is 4.79 Å². The maximum atomic E-state index is 13.0. The fourth-order valence-corrected chi connectivity index (χ4v) is 3.78. The minimum atomic E-state index is -0.398. The first kappa shape index (κ1) is 18.2. The van der Waals surface area contributed by atoms with E-state index in [4.69, 9.17) is 9.15 Å². The summed E-state index contributed by atoms with van der Waals surface area (Å²) < 4.78 is 13.4. The van der Waals surface area contributed by atoms with E-state index in [1.54, 1.807) is 7.11 Å². The van der Waals surface area contributed by atoms with E-state index in [2.05, 4.69) is 11.4 Å². The van der Waals surface area contributed by atoms with E-state index < -0.39 is 6.04 Å². The summed E-state index contributed by atoms with van der Waals surface area (Å²) in [5, 5.41) is 7.19. The van der Waals surface area contributed by atoms with Crippen molar-refractivity contribution in [3.63, 3.8) is 0 Å². The Morgan fingerprint density at radius 1 is 0.967 bits per heavy atom. The summed E-state index contributed by atoms with van der Waals surface area (Å²) >= 11 is 0. The maximum absolute atomic E-state index is 13.0. The maximum Gasteiger partial charge on any atom is 0.293 e. The number of amides is 1. The smallest absolute Gasteiger partial charge is 0.293 e. The van der Waals surface area contributed by atoms with Crippen LogP contribution < -0.4 is 14.6 Å². The number of carbonyl (C=O) groups is 1. The van der Waals surface area contributed by atoms with Crippen LogP contribution in [0.15, 0.2) is 83.5 Å². The Kier molecular flexibility index (Phi) is 4.36. The van der Waals surface area contributed by atoms with Gasteiger partial charge in [0.15, 0.2) is 12.4 Å². The highest BCUT2D eigenvalue weighted by molar-refractivity contribution is 6.07. The van der Waals surface area contributed by atoms with Crippen LogP contribution in [0.1, 0.15) is 13.0 Å². The number of furan rings is 1. The number of benzene rings is 3. The number of para-hydroxylation sites is 1. The van der Waals surface area contributed by atoms with Gasteiger partial charge in [-0.2, -0.15) is 4.57 Å². The number of aromatic nitrogens is 1. The highest BCUT2D eigenvalue weighted by atomic mass is 16.5. The largest absolute Gasteiger partial charge is 0.495 e. The molecule has 0 aliphatic rings. The molecule has 0 fully saturated rings. The topological polar surface area (TPSA) is 55.4 Å². The SMILES string of the molecule is COc1cc2c(cc1NC(=O)[C@@H](C)[n+]1ccc3ccccc3c1)oc1ccccc12. The van der Waals surface area contributed by atoms with Crippen LogP contribution in [0.25, 0.3) is 32.7 Å². The minimum absolute atomic E-state index is 0.135. The molecule has 0 saturated heterocycles. The highest BCUT2D eigenvalue weighted by Crippen LogP contribution is 2.36. The number of ether oxygens (including phenoxy) is 1. The van der Waals surface area contributed by atoms with E-state index in [1.807, 2.05) is 84.5 Å². The van der Waals surface area contributed by atoms with Gasteiger partial charge in [0, 0.05) is 35.2 Å². The molecule has 5 nitrogen and oxygen atoms in total. The van der Waals surface area contributed by atoms with Gasteiger partial charge in [-0.15, -0.1) is 0 Å². The summed E-state index contributed by atoms with van der Waals surface area (Å²) in [7, 11) is 1.60. The predicted octanol–water partition coefficient (Wildman–Crippen LogP) is 5.24. The molecule has 1 atom stereocenters. The number of hydrogen-bond donors (Lipinski definition) is 1. The fourth-order valence-electron chi connectivity index (χ4n) is 3.78. The molecule has 2 aromatic heterocycles. The van der Waals surface area contributed by atoms with Crippen LogP contribution in [0, 0.1) is 0 Å². The van der Waals surface area contributed by atoms with E-state index in [9.17, 15) is 4.79 Å². The van der Waals surface area contributed by atoms with Gasteiger partial charge >= 0.3 is 0 Å². The molecule has 0 radical (unpaired) electrons. The van der Waals surface area contributed by atoms with Crippen molar-refractivity contribution < 1.29 is 18.5 Å². The van der Waals surface area contributed by atoms with E-state index >= 15 is 0 Å². The van der Waals surface area contributed by atoms with E-state index in [1.165, 1.54) is 0 Å². The third-order valence-corrected chi connectivity index (χ3v) is 5.49. The molecule has 0 aliphatic carbocycles. The van der Waals surface area contributed by atoms with Gasteiger partial charge in [-0.1, -0.05) is 36.4 Å². The van der Waals surface area contributed by atoms with Crippen LogP contribution in [0.5, 0.6) is 5.75 Å². The molecule has 0 spiro atoms. The summed E-state index contributed by atoms with van der Waals surface area (Å²) in [6, 6.07) is 21.3. The molecule has 1 amide bonds. The molecule has 30 heavy (non-hydrogen) atoms. The number of anilines is 1. The molecule has 0 aliphatic heterocycles. The van der Waals surface area contributed by atoms with Crippen molar-refractivity contribution in [3.05, 3.63) is 79.1 Å². The second kappa shape index (κ2) is 7.19. The molecule has 5 heteroatoms. The fraction of sp³-hybridized carbons (Fsp3) is 0.120. The molecular formula is C25H21N2O3+. The van der Waals surface area contributed by atoms with Crippen molar-refractivity contribution in [2.75, 3.05) is 12.4 Å². The van der Waals surface area contributed by atoms with Crippen molar-refractivity contribution >= 4 is 44.3 Å². The molecule has 148 valence electrons. The normalized spacial score (nSPS) is 12.3. The Morgan fingerprint density at radius 3 is 2.57 bits per heavy atom. The summed E-state index contributed by atoms with van der Waals surface area (Å²) in [5.74, 6) is 0.460. The third-order valence-electron chi connectivity index (χ3n) is 5.49. The number of fused-ring (bicyclic) bond motifs is 4. The lowest BCUT2D eigenvalue weighted by Gasteiger charge is -2.12. The lowest BCUT2D eigenvalue weighted by molar-refractivity contribution is -0.704. The Labute approximate surface area is 173 Å². The van der Waals surface area contributed by atoms with Crippen LogP contribution in [-0.4, -0.2) is 13.0 Å². The third kappa shape index (κ3) is 3.05. The molecular weight excluding hydrogens is 376 g/mol. The molecule has 3 aromatic carbocycles. The van der Waals surface area contributed by atoms with E-state index in [0.717, 1.165) is 27.1 Å². The highest BCUT2D eigenvalue weighted by Gasteiger charge is 2.24. The zero-order chi connectivity index (χ0) is 20.7. The van der Waals surface area contributed by atoms with Crippen molar-refractivity contribution in [2.24, 2.45) is 0 Å². The molecule has 5 aromatic rings. The van der Waals surface area contributed by atoms with Gasteiger partial charge < -0.3 is 14.5 Å². The lowest BCUT2D eigenvalue weighted by Crippen LogP contribution is -2.44. The summed E-state index contributed by atoms with van der Waals surface area (Å²) in [5.41, 5.74) is 2.10. The second-order valence-corrected chi connectivity index (χ2v) is 7.33. The van der Waals surface area contributed by atoms with Gasteiger partial charge in [0.25, 0.3) is 5.91 Å². The zero-order valence-electron chi connectivity index (χ0n) is 16.8. The molecule has 0 saturated carbocycles. The average Bonchev–Trinajstić information content (AvgIpc) is 3.15. The summed E-state index contributed by atoms with van der Waals surface area (Å²) in [6.07, 6.45) is 3.91. The second-order valence-electron chi connectivity index (χ2n) is 7.33. The quantitative estimate of drug-likeness (QED) is 0.422. The number of rotatable bonds is 4. The standard InChI is InChI=1S/C25H20N2O3/c1-16(27-12-11-17-7-3-4-8-18(17)15-27)25(28)26-21-14-23-20(13-24(21)29-2)19-9-5-6-10-22(19)30-23/h3-16H,1-2H3/p+1/t16-/m1/s1. The summed E-state index contributed by atoms with van der Waals surface area (Å²) in [6.45, 7) is 1.87. The minimum Gasteiger partial charge on any atom is -0.495 e. The first-order valence-electron chi connectivity index (χ1n) is 9.84. The Bertz CT molecular complexity index is 1400. The predicted molar refractivity (Wildman–Crippen MR) is 118 cm³/mol. The Morgan fingerprint density at radius 2 is 1.73 bits per heavy atom. The van der Waals surface area contributed by atoms with Gasteiger partial charge in [-0.05, 0) is 23.6 Å². The number of methoxy groups -OCH3 is 1. The number of carbonyl (C=O) groups excluding carboxylic acids is 1. The lowest BCUT2D eigenvalue weighted by atomic mass is 10.1. The monoisotopic (exact) mass is 397 g/mol. The van der Waals surface area contributed by atoms with Crippen LogP contribution in [-0.2, 0) is 4.79 Å². The number of nitrogens with zero attached hydrogens (tertiary/aromatic N) is 1. The summed E-state index contributed by atoms with van der Waals surface area (Å²) in [4.78, 5) is 13.0. The van der Waals surface area contributed by atoms with Crippen LogP contribution in [0.3, 0.4) is 0 Å². The van der Waals surface area contributed by atoms with Crippen LogP contribution in [0.4, 0.5) is 5.69 Å². The molecule has 1 N–H and O–H groups in total. The van der Waals surface area contributed by atoms with Crippen molar-refractivity contribution in [1.29, 1.82) is 0 Å². The Balaban J connectivity index is 1.48. The average molecular weight is 397 g/mol.